The standard InChI is InChI=1S/C14H17N3/c1-15-14(7-8-14)13-9-16-17(11-13)10-12-5-3-2-4-6-12/h2-6,9,11,15H,7-8,10H2,1H3. The molecular weight excluding hydrogens is 210 g/mol. The van der Waals surface area contributed by atoms with Gasteiger partial charge in [-0.3, -0.25) is 4.68 Å². The fraction of sp³-hybridized carbons (Fsp3) is 0.357. The van der Waals surface area contributed by atoms with Crippen LogP contribution >= 0.6 is 0 Å². The maximum absolute atomic E-state index is 4.44. The molecule has 0 saturated heterocycles. The number of nitrogens with one attached hydrogen (secondary N) is 1. The van der Waals surface area contributed by atoms with E-state index in [1.807, 2.05) is 24.0 Å². The Morgan fingerprint density at radius 3 is 2.71 bits per heavy atom. The highest BCUT2D eigenvalue weighted by Crippen LogP contribution is 2.44. The molecule has 1 aromatic heterocycles. The van der Waals surface area contributed by atoms with E-state index < -0.39 is 0 Å². The first-order valence-corrected chi connectivity index (χ1v) is 6.08. The Balaban J connectivity index is 1.77. The van der Waals surface area contributed by atoms with Crippen LogP contribution in [0.5, 0.6) is 0 Å². The molecule has 88 valence electrons. The molecular formula is C14H17N3. The molecule has 2 aromatic rings. The summed E-state index contributed by atoms with van der Waals surface area (Å²) in [5, 5.41) is 7.83. The first-order valence-electron chi connectivity index (χ1n) is 6.08. The number of rotatable bonds is 4. The monoisotopic (exact) mass is 227 g/mol. The molecule has 17 heavy (non-hydrogen) atoms. The number of benzene rings is 1. The molecule has 0 amide bonds. The Hall–Kier alpha value is -1.61. The highest BCUT2D eigenvalue weighted by Gasteiger charge is 2.43. The lowest BCUT2D eigenvalue weighted by atomic mass is 10.1. The van der Waals surface area contributed by atoms with Gasteiger partial charge >= 0.3 is 0 Å². The molecule has 0 unspecified atom stereocenters. The summed E-state index contributed by atoms with van der Waals surface area (Å²) in [5.41, 5.74) is 2.82. The lowest BCUT2D eigenvalue weighted by molar-refractivity contribution is 0.583. The minimum atomic E-state index is 0.217. The molecule has 1 saturated carbocycles. The zero-order valence-corrected chi connectivity index (χ0v) is 10.1. The second kappa shape index (κ2) is 4.00. The van der Waals surface area contributed by atoms with Gasteiger partial charge in [-0.25, -0.2) is 0 Å². The van der Waals surface area contributed by atoms with Crippen LogP contribution < -0.4 is 5.32 Å². The third-order valence-corrected chi connectivity index (χ3v) is 3.60. The Morgan fingerprint density at radius 2 is 2.06 bits per heavy atom. The van der Waals surface area contributed by atoms with E-state index in [0.717, 1.165) is 6.54 Å². The fourth-order valence-corrected chi connectivity index (χ4v) is 2.28. The van der Waals surface area contributed by atoms with Crippen LogP contribution in [0.2, 0.25) is 0 Å². The van der Waals surface area contributed by atoms with Crippen LogP contribution in [0.1, 0.15) is 24.0 Å². The van der Waals surface area contributed by atoms with Crippen molar-refractivity contribution < 1.29 is 0 Å². The van der Waals surface area contributed by atoms with Crippen molar-refractivity contribution in [2.45, 2.75) is 24.9 Å². The molecule has 1 fully saturated rings. The van der Waals surface area contributed by atoms with Crippen LogP contribution in [0.3, 0.4) is 0 Å². The smallest absolute Gasteiger partial charge is 0.0659 e. The summed E-state index contributed by atoms with van der Waals surface area (Å²) in [6.45, 7) is 0.848. The van der Waals surface area contributed by atoms with Crippen LogP contribution in [0, 0.1) is 0 Å². The van der Waals surface area contributed by atoms with Crippen molar-refractivity contribution in [1.29, 1.82) is 0 Å². The summed E-state index contributed by atoms with van der Waals surface area (Å²) >= 11 is 0. The van der Waals surface area contributed by atoms with E-state index in [1.54, 1.807) is 0 Å². The van der Waals surface area contributed by atoms with Crippen molar-refractivity contribution in [1.82, 2.24) is 15.1 Å². The Labute approximate surface area is 101 Å². The third kappa shape index (κ3) is 1.98. The molecule has 0 spiro atoms. The quantitative estimate of drug-likeness (QED) is 0.867. The van der Waals surface area contributed by atoms with E-state index in [0.29, 0.717) is 0 Å². The first-order chi connectivity index (χ1) is 8.32. The van der Waals surface area contributed by atoms with Gasteiger partial charge in [-0.05, 0) is 25.5 Å². The molecule has 3 nitrogen and oxygen atoms in total. The van der Waals surface area contributed by atoms with Gasteiger partial charge in [0.1, 0.15) is 0 Å². The van der Waals surface area contributed by atoms with Crippen molar-refractivity contribution in [3.05, 3.63) is 53.9 Å². The average molecular weight is 227 g/mol. The molecule has 1 aliphatic rings. The van der Waals surface area contributed by atoms with Crippen LogP contribution in [0.25, 0.3) is 0 Å². The number of aromatic nitrogens is 2. The summed E-state index contributed by atoms with van der Waals surface area (Å²) in [7, 11) is 2.03. The molecule has 1 heterocycles. The van der Waals surface area contributed by atoms with Gasteiger partial charge in [0.05, 0.1) is 12.7 Å². The zero-order chi connectivity index (χ0) is 11.7. The highest BCUT2D eigenvalue weighted by atomic mass is 15.3. The lowest BCUT2D eigenvalue weighted by Crippen LogP contribution is -2.23. The number of nitrogens with zero attached hydrogens (tertiary/aromatic N) is 2. The van der Waals surface area contributed by atoms with Crippen LogP contribution in [-0.4, -0.2) is 16.8 Å². The molecule has 0 atom stereocenters. The van der Waals surface area contributed by atoms with Gasteiger partial charge in [-0.15, -0.1) is 0 Å². The zero-order valence-electron chi connectivity index (χ0n) is 10.1. The van der Waals surface area contributed by atoms with Gasteiger partial charge in [0.25, 0.3) is 0 Å². The topological polar surface area (TPSA) is 29.9 Å². The fourth-order valence-electron chi connectivity index (χ4n) is 2.28. The minimum Gasteiger partial charge on any atom is -0.310 e. The highest BCUT2D eigenvalue weighted by molar-refractivity contribution is 5.25. The predicted octanol–water partition coefficient (Wildman–Crippen LogP) is 2.14. The molecule has 3 rings (SSSR count). The molecule has 1 aromatic carbocycles. The van der Waals surface area contributed by atoms with E-state index in [2.05, 4.69) is 40.9 Å². The number of hydrogen-bond donors (Lipinski definition) is 1. The lowest BCUT2D eigenvalue weighted by Gasteiger charge is -2.10. The summed E-state index contributed by atoms with van der Waals surface area (Å²) in [6, 6.07) is 10.4. The van der Waals surface area contributed by atoms with E-state index in [-0.39, 0.29) is 5.54 Å². The molecule has 1 aliphatic carbocycles. The van der Waals surface area contributed by atoms with Crippen LogP contribution in [0.4, 0.5) is 0 Å². The summed E-state index contributed by atoms with van der Waals surface area (Å²) < 4.78 is 2.02. The van der Waals surface area contributed by atoms with Gasteiger partial charge in [0, 0.05) is 17.3 Å². The van der Waals surface area contributed by atoms with E-state index in [4.69, 9.17) is 0 Å². The molecule has 0 bridgehead atoms. The molecule has 3 heteroatoms. The largest absolute Gasteiger partial charge is 0.310 e. The SMILES string of the molecule is CNC1(c2cnn(Cc3ccccc3)c2)CC1. The average Bonchev–Trinajstić information content (AvgIpc) is 3.05. The van der Waals surface area contributed by atoms with Gasteiger partial charge in [0.2, 0.25) is 0 Å². The Morgan fingerprint density at radius 1 is 1.29 bits per heavy atom. The van der Waals surface area contributed by atoms with E-state index in [1.165, 1.54) is 24.0 Å². The summed E-state index contributed by atoms with van der Waals surface area (Å²) in [5.74, 6) is 0. The van der Waals surface area contributed by atoms with Gasteiger partial charge in [-0.2, -0.15) is 5.10 Å². The Bertz CT molecular complexity index is 497. The summed E-state index contributed by atoms with van der Waals surface area (Å²) in [6.07, 6.45) is 6.60. The van der Waals surface area contributed by atoms with Crippen molar-refractivity contribution in [3.63, 3.8) is 0 Å². The van der Waals surface area contributed by atoms with Crippen molar-refractivity contribution >= 4 is 0 Å². The van der Waals surface area contributed by atoms with Crippen molar-refractivity contribution in [2.24, 2.45) is 0 Å². The van der Waals surface area contributed by atoms with Crippen LogP contribution in [-0.2, 0) is 12.1 Å². The van der Waals surface area contributed by atoms with E-state index >= 15 is 0 Å². The van der Waals surface area contributed by atoms with Gasteiger partial charge in [0.15, 0.2) is 0 Å². The second-order valence-electron chi connectivity index (χ2n) is 4.74. The predicted molar refractivity (Wildman–Crippen MR) is 67.7 cm³/mol. The number of hydrogen-bond acceptors (Lipinski definition) is 2. The third-order valence-electron chi connectivity index (χ3n) is 3.60. The van der Waals surface area contributed by atoms with Crippen molar-refractivity contribution in [3.8, 4) is 0 Å². The maximum Gasteiger partial charge on any atom is 0.0659 e. The normalized spacial score (nSPS) is 17.0. The van der Waals surface area contributed by atoms with Gasteiger partial charge in [-0.1, -0.05) is 30.3 Å². The van der Waals surface area contributed by atoms with Crippen LogP contribution in [0.15, 0.2) is 42.7 Å². The minimum absolute atomic E-state index is 0.217. The van der Waals surface area contributed by atoms with Gasteiger partial charge < -0.3 is 5.32 Å². The molecule has 0 aliphatic heterocycles. The molecule has 1 N–H and O–H groups in total. The maximum atomic E-state index is 4.44. The second-order valence-corrected chi connectivity index (χ2v) is 4.74. The first kappa shape index (κ1) is 10.5. The van der Waals surface area contributed by atoms with Crippen molar-refractivity contribution in [2.75, 3.05) is 7.05 Å². The Kier molecular flexibility index (Phi) is 2.48. The van der Waals surface area contributed by atoms with E-state index in [9.17, 15) is 0 Å². The molecule has 0 radical (unpaired) electrons. The summed E-state index contributed by atoms with van der Waals surface area (Å²) in [4.78, 5) is 0.